The maximum atomic E-state index is 10.0. The highest BCUT2D eigenvalue weighted by Gasteiger charge is 2.42. The lowest BCUT2D eigenvalue weighted by molar-refractivity contribution is -0.277. The van der Waals surface area contributed by atoms with Crippen molar-refractivity contribution in [2.75, 3.05) is 13.7 Å². The first kappa shape index (κ1) is 15.4. The van der Waals surface area contributed by atoms with Gasteiger partial charge in [-0.25, -0.2) is 0 Å². The molecule has 0 bridgehead atoms. The zero-order chi connectivity index (χ0) is 14.5. The van der Waals surface area contributed by atoms with Gasteiger partial charge < -0.3 is 24.4 Å². The first-order valence-corrected chi connectivity index (χ1v) is 6.79. The molecule has 20 heavy (non-hydrogen) atoms. The largest absolute Gasteiger partial charge is 0.390 e. The van der Waals surface area contributed by atoms with Gasteiger partial charge >= 0.3 is 0 Å². The van der Waals surface area contributed by atoms with Gasteiger partial charge in [0.1, 0.15) is 12.2 Å². The average Bonchev–Trinajstić information content (AvgIpc) is 2.48. The molecule has 1 saturated heterocycles. The van der Waals surface area contributed by atoms with Crippen LogP contribution in [-0.4, -0.2) is 48.5 Å². The fourth-order valence-electron chi connectivity index (χ4n) is 2.34. The highest BCUT2D eigenvalue weighted by atomic mass is 16.7. The van der Waals surface area contributed by atoms with Gasteiger partial charge in [0.05, 0.1) is 19.3 Å². The van der Waals surface area contributed by atoms with E-state index in [4.69, 9.17) is 14.2 Å². The summed E-state index contributed by atoms with van der Waals surface area (Å²) in [7, 11) is 1.52. The molecule has 2 N–H and O–H groups in total. The van der Waals surface area contributed by atoms with Gasteiger partial charge in [-0.05, 0) is 5.56 Å². The predicted molar refractivity (Wildman–Crippen MR) is 72.9 cm³/mol. The number of aliphatic hydroxyl groups excluding tert-OH is 2. The molecule has 5 nitrogen and oxygen atoms in total. The molecule has 1 aliphatic heterocycles. The van der Waals surface area contributed by atoms with E-state index in [2.05, 4.69) is 0 Å². The van der Waals surface area contributed by atoms with Gasteiger partial charge in [0.25, 0.3) is 0 Å². The normalized spacial score (nSPS) is 34.1. The van der Waals surface area contributed by atoms with Gasteiger partial charge in [0.2, 0.25) is 0 Å². The quantitative estimate of drug-likeness (QED) is 0.841. The number of rotatable bonds is 5. The van der Waals surface area contributed by atoms with E-state index in [0.29, 0.717) is 6.61 Å². The molecule has 1 aliphatic rings. The number of ether oxygens (including phenoxy) is 3. The van der Waals surface area contributed by atoms with E-state index in [1.807, 2.05) is 30.3 Å². The van der Waals surface area contributed by atoms with Crippen LogP contribution in [0.4, 0.5) is 0 Å². The Labute approximate surface area is 119 Å². The second-order valence-corrected chi connectivity index (χ2v) is 5.12. The zero-order valence-corrected chi connectivity index (χ0v) is 11.8. The predicted octanol–water partition coefficient (Wildman–Crippen LogP) is 0.932. The molecule has 112 valence electrons. The minimum Gasteiger partial charge on any atom is -0.390 e. The number of methoxy groups -OCH3 is 1. The minimum absolute atomic E-state index is 0.208. The summed E-state index contributed by atoms with van der Waals surface area (Å²) < 4.78 is 16.3. The van der Waals surface area contributed by atoms with E-state index in [1.165, 1.54) is 7.11 Å². The third-order valence-electron chi connectivity index (χ3n) is 3.63. The Morgan fingerprint density at radius 3 is 2.50 bits per heavy atom. The fourth-order valence-corrected chi connectivity index (χ4v) is 2.34. The van der Waals surface area contributed by atoms with Crippen LogP contribution in [0, 0.1) is 5.92 Å². The summed E-state index contributed by atoms with van der Waals surface area (Å²) in [6.45, 7) is 2.43. The number of hydrogen-bond donors (Lipinski definition) is 2. The summed E-state index contributed by atoms with van der Waals surface area (Å²) in [6, 6.07) is 9.76. The Bertz CT molecular complexity index is 395. The van der Waals surface area contributed by atoms with Crippen molar-refractivity contribution in [3.63, 3.8) is 0 Å². The fraction of sp³-hybridized carbons (Fsp3) is 0.600. The molecule has 1 heterocycles. The van der Waals surface area contributed by atoms with Crippen molar-refractivity contribution < 1.29 is 24.4 Å². The van der Waals surface area contributed by atoms with Gasteiger partial charge in [-0.3, -0.25) is 0 Å². The molecule has 0 aromatic heterocycles. The standard InChI is InChI=1S/C15H22O5/c1-10-13(16)14(17)12(20-15(10)18-2)9-19-8-11-6-4-3-5-7-11/h3-7,10,12-17H,8-9H2,1-2H3/t10-,12+,13-,14-,15+/m0/s1. The van der Waals surface area contributed by atoms with Gasteiger partial charge in [0, 0.05) is 13.0 Å². The van der Waals surface area contributed by atoms with E-state index < -0.39 is 24.6 Å². The van der Waals surface area contributed by atoms with Crippen LogP contribution in [0.25, 0.3) is 0 Å². The Morgan fingerprint density at radius 2 is 1.85 bits per heavy atom. The number of aliphatic hydroxyl groups is 2. The lowest BCUT2D eigenvalue weighted by Crippen LogP contribution is -2.55. The van der Waals surface area contributed by atoms with Crippen molar-refractivity contribution in [3.8, 4) is 0 Å². The van der Waals surface area contributed by atoms with Gasteiger partial charge in [-0.15, -0.1) is 0 Å². The van der Waals surface area contributed by atoms with Crippen molar-refractivity contribution in [3.05, 3.63) is 35.9 Å². The van der Waals surface area contributed by atoms with Crippen LogP contribution < -0.4 is 0 Å². The van der Waals surface area contributed by atoms with Crippen molar-refractivity contribution in [1.82, 2.24) is 0 Å². The summed E-state index contributed by atoms with van der Waals surface area (Å²) in [5.41, 5.74) is 1.05. The molecular weight excluding hydrogens is 260 g/mol. The molecule has 0 aliphatic carbocycles. The molecule has 5 heteroatoms. The van der Waals surface area contributed by atoms with Crippen molar-refractivity contribution >= 4 is 0 Å². The molecule has 2 rings (SSSR count). The van der Waals surface area contributed by atoms with Gasteiger partial charge in [-0.2, -0.15) is 0 Å². The number of hydrogen-bond acceptors (Lipinski definition) is 5. The summed E-state index contributed by atoms with van der Waals surface area (Å²) >= 11 is 0. The Kier molecular flexibility index (Phi) is 5.51. The Morgan fingerprint density at radius 1 is 1.15 bits per heavy atom. The molecule has 0 saturated carbocycles. The monoisotopic (exact) mass is 282 g/mol. The summed E-state index contributed by atoms with van der Waals surface area (Å²) in [4.78, 5) is 0. The molecule has 0 amide bonds. The molecule has 1 fully saturated rings. The first-order valence-electron chi connectivity index (χ1n) is 6.79. The smallest absolute Gasteiger partial charge is 0.162 e. The molecule has 1 aromatic rings. The highest BCUT2D eigenvalue weighted by Crippen LogP contribution is 2.26. The van der Waals surface area contributed by atoms with Crippen LogP contribution in [0.2, 0.25) is 0 Å². The summed E-state index contributed by atoms with van der Waals surface area (Å²) in [5, 5.41) is 20.0. The summed E-state index contributed by atoms with van der Waals surface area (Å²) in [5.74, 6) is -0.277. The third-order valence-corrected chi connectivity index (χ3v) is 3.63. The van der Waals surface area contributed by atoms with Crippen LogP contribution in [-0.2, 0) is 20.8 Å². The Balaban J connectivity index is 1.85. The molecule has 0 unspecified atom stereocenters. The zero-order valence-electron chi connectivity index (χ0n) is 11.8. The van der Waals surface area contributed by atoms with Crippen LogP contribution in [0.5, 0.6) is 0 Å². The van der Waals surface area contributed by atoms with Crippen molar-refractivity contribution in [1.29, 1.82) is 0 Å². The summed E-state index contributed by atoms with van der Waals surface area (Å²) in [6.07, 6.45) is -2.96. The second kappa shape index (κ2) is 7.15. The lowest BCUT2D eigenvalue weighted by Gasteiger charge is -2.40. The topological polar surface area (TPSA) is 68.2 Å². The van der Waals surface area contributed by atoms with E-state index in [0.717, 1.165) is 5.56 Å². The van der Waals surface area contributed by atoms with Crippen LogP contribution in [0.1, 0.15) is 12.5 Å². The molecule has 5 atom stereocenters. The van der Waals surface area contributed by atoms with E-state index in [1.54, 1.807) is 6.92 Å². The molecule has 1 aromatic carbocycles. The second-order valence-electron chi connectivity index (χ2n) is 5.12. The molecular formula is C15H22O5. The maximum absolute atomic E-state index is 10.0. The van der Waals surface area contributed by atoms with Crippen molar-refractivity contribution in [2.45, 2.75) is 38.1 Å². The lowest BCUT2D eigenvalue weighted by atomic mass is 9.92. The van der Waals surface area contributed by atoms with Crippen LogP contribution in [0.15, 0.2) is 30.3 Å². The molecule has 0 spiro atoms. The highest BCUT2D eigenvalue weighted by molar-refractivity contribution is 5.13. The van der Waals surface area contributed by atoms with Crippen LogP contribution >= 0.6 is 0 Å². The minimum atomic E-state index is -0.966. The van der Waals surface area contributed by atoms with Gasteiger partial charge in [0.15, 0.2) is 6.29 Å². The average molecular weight is 282 g/mol. The third kappa shape index (κ3) is 3.56. The van der Waals surface area contributed by atoms with E-state index >= 15 is 0 Å². The van der Waals surface area contributed by atoms with Gasteiger partial charge in [-0.1, -0.05) is 37.3 Å². The SMILES string of the molecule is CO[C@@H]1O[C@H](COCc2ccccc2)[C@H](O)[C@@H](O)[C@@H]1C. The van der Waals surface area contributed by atoms with Crippen molar-refractivity contribution in [2.24, 2.45) is 5.92 Å². The van der Waals surface area contributed by atoms with E-state index in [9.17, 15) is 10.2 Å². The van der Waals surface area contributed by atoms with Crippen LogP contribution in [0.3, 0.4) is 0 Å². The molecule has 0 radical (unpaired) electrons. The Hall–Kier alpha value is -0.980. The number of benzene rings is 1. The first-order chi connectivity index (χ1) is 9.63. The van der Waals surface area contributed by atoms with E-state index in [-0.39, 0.29) is 12.5 Å². The maximum Gasteiger partial charge on any atom is 0.162 e.